The molecule has 1 aromatic rings. The van der Waals surface area contributed by atoms with Crippen molar-refractivity contribution in [3.63, 3.8) is 0 Å². The highest BCUT2D eigenvalue weighted by atomic mass is 19.1. The second kappa shape index (κ2) is 6.71. The number of hydrogen-bond acceptors (Lipinski definition) is 2. The Kier molecular flexibility index (Phi) is 4.97. The third-order valence-corrected chi connectivity index (χ3v) is 3.74. The van der Waals surface area contributed by atoms with Gasteiger partial charge in [0.1, 0.15) is 0 Å². The van der Waals surface area contributed by atoms with Gasteiger partial charge in [-0.3, -0.25) is 0 Å². The molecule has 2 rings (SSSR count). The normalized spacial score (nSPS) is 17.5. The molecular formula is C16H22FNO. The summed E-state index contributed by atoms with van der Waals surface area (Å²) >= 11 is 0. The van der Waals surface area contributed by atoms with E-state index in [0.29, 0.717) is 5.75 Å². The molecule has 1 aromatic carbocycles. The van der Waals surface area contributed by atoms with Crippen LogP contribution in [0.25, 0.3) is 0 Å². The Morgan fingerprint density at radius 1 is 1.26 bits per heavy atom. The molecule has 0 saturated carbocycles. The van der Waals surface area contributed by atoms with Crippen LogP contribution in [0.2, 0.25) is 0 Å². The number of halogens is 1. The molecule has 19 heavy (non-hydrogen) atoms. The van der Waals surface area contributed by atoms with Crippen molar-refractivity contribution in [1.29, 1.82) is 0 Å². The van der Waals surface area contributed by atoms with Crippen molar-refractivity contribution in [1.82, 2.24) is 5.32 Å². The lowest BCUT2D eigenvalue weighted by atomic mass is 9.95. The van der Waals surface area contributed by atoms with Crippen molar-refractivity contribution in [2.75, 3.05) is 14.2 Å². The van der Waals surface area contributed by atoms with Crippen LogP contribution < -0.4 is 10.1 Å². The molecule has 0 spiro atoms. The van der Waals surface area contributed by atoms with Crippen molar-refractivity contribution < 1.29 is 9.13 Å². The molecule has 104 valence electrons. The maximum atomic E-state index is 13.8. The summed E-state index contributed by atoms with van der Waals surface area (Å²) in [5.74, 6) is 0.00270. The van der Waals surface area contributed by atoms with Crippen LogP contribution in [0.1, 0.15) is 43.7 Å². The fourth-order valence-electron chi connectivity index (χ4n) is 2.73. The van der Waals surface area contributed by atoms with Gasteiger partial charge in [0, 0.05) is 0 Å². The quantitative estimate of drug-likeness (QED) is 0.829. The van der Waals surface area contributed by atoms with E-state index in [1.807, 2.05) is 13.1 Å². The van der Waals surface area contributed by atoms with Crippen LogP contribution in [-0.4, -0.2) is 14.2 Å². The second-order valence-electron chi connectivity index (χ2n) is 4.99. The van der Waals surface area contributed by atoms with Crippen LogP contribution in [0.15, 0.2) is 29.8 Å². The standard InChI is InChI=1S/C16H22FNO/c1-18-16(12-7-5-3-4-6-8-12)13-9-10-15(19-2)14(17)11-13/h7,9-11,16,18H,3-6,8H2,1-2H3. The van der Waals surface area contributed by atoms with E-state index in [0.717, 1.165) is 18.4 Å². The minimum atomic E-state index is -0.297. The molecule has 0 bridgehead atoms. The predicted octanol–water partition coefficient (Wildman–Crippen LogP) is 3.99. The van der Waals surface area contributed by atoms with E-state index < -0.39 is 0 Å². The maximum absolute atomic E-state index is 13.8. The molecule has 0 saturated heterocycles. The van der Waals surface area contributed by atoms with Crippen molar-refractivity contribution in [3.05, 3.63) is 41.2 Å². The molecule has 3 heteroatoms. The average Bonchev–Trinajstić information content (AvgIpc) is 2.69. The minimum Gasteiger partial charge on any atom is -0.494 e. The Morgan fingerprint density at radius 3 is 2.79 bits per heavy atom. The van der Waals surface area contributed by atoms with E-state index in [9.17, 15) is 4.39 Å². The SMILES string of the molecule is CNC(C1=CCCCCC1)c1ccc(OC)c(F)c1. The summed E-state index contributed by atoms with van der Waals surface area (Å²) < 4.78 is 18.8. The summed E-state index contributed by atoms with van der Waals surface area (Å²) in [7, 11) is 3.42. The predicted molar refractivity (Wildman–Crippen MR) is 75.9 cm³/mol. The first-order valence-corrected chi connectivity index (χ1v) is 6.96. The molecule has 0 fully saturated rings. The van der Waals surface area contributed by atoms with Crippen LogP contribution in [0.4, 0.5) is 4.39 Å². The molecule has 1 N–H and O–H groups in total. The largest absolute Gasteiger partial charge is 0.494 e. The van der Waals surface area contributed by atoms with Crippen LogP contribution >= 0.6 is 0 Å². The van der Waals surface area contributed by atoms with Gasteiger partial charge >= 0.3 is 0 Å². The molecule has 1 aliphatic carbocycles. The molecule has 0 heterocycles. The van der Waals surface area contributed by atoms with E-state index >= 15 is 0 Å². The van der Waals surface area contributed by atoms with Crippen molar-refractivity contribution in [2.24, 2.45) is 0 Å². The highest BCUT2D eigenvalue weighted by Crippen LogP contribution is 2.30. The monoisotopic (exact) mass is 263 g/mol. The zero-order valence-corrected chi connectivity index (χ0v) is 11.7. The third-order valence-electron chi connectivity index (χ3n) is 3.74. The number of nitrogens with one attached hydrogen (secondary N) is 1. The topological polar surface area (TPSA) is 21.3 Å². The molecule has 1 aliphatic rings. The first-order chi connectivity index (χ1) is 9.26. The summed E-state index contributed by atoms with van der Waals surface area (Å²) in [6.07, 6.45) is 8.31. The lowest BCUT2D eigenvalue weighted by Crippen LogP contribution is -2.19. The average molecular weight is 263 g/mol. The Morgan fingerprint density at radius 2 is 2.11 bits per heavy atom. The van der Waals surface area contributed by atoms with Gasteiger partial charge in [0.05, 0.1) is 13.2 Å². The summed E-state index contributed by atoms with van der Waals surface area (Å²) in [6, 6.07) is 5.32. The zero-order valence-electron chi connectivity index (χ0n) is 11.7. The van der Waals surface area contributed by atoms with Gasteiger partial charge in [-0.25, -0.2) is 4.39 Å². The van der Waals surface area contributed by atoms with Gasteiger partial charge in [-0.15, -0.1) is 0 Å². The van der Waals surface area contributed by atoms with Gasteiger partial charge in [-0.1, -0.05) is 24.1 Å². The number of benzene rings is 1. The Balaban J connectivity index is 2.25. The highest BCUT2D eigenvalue weighted by Gasteiger charge is 2.17. The van der Waals surface area contributed by atoms with Crippen molar-refractivity contribution in [3.8, 4) is 5.75 Å². The number of hydrogen-bond donors (Lipinski definition) is 1. The van der Waals surface area contributed by atoms with Gasteiger partial charge < -0.3 is 10.1 Å². The Hall–Kier alpha value is -1.35. The van der Waals surface area contributed by atoms with Gasteiger partial charge in [0.15, 0.2) is 11.6 Å². The third kappa shape index (κ3) is 3.35. The summed E-state index contributed by atoms with van der Waals surface area (Å²) in [4.78, 5) is 0. The summed E-state index contributed by atoms with van der Waals surface area (Å²) in [5.41, 5.74) is 2.35. The molecule has 0 aromatic heterocycles. The van der Waals surface area contributed by atoms with Gasteiger partial charge in [0.2, 0.25) is 0 Å². The minimum absolute atomic E-state index is 0.110. The summed E-state index contributed by atoms with van der Waals surface area (Å²) in [6.45, 7) is 0. The lowest BCUT2D eigenvalue weighted by molar-refractivity contribution is 0.385. The Bertz CT molecular complexity index is 456. The fourth-order valence-corrected chi connectivity index (χ4v) is 2.73. The molecule has 1 atom stereocenters. The fraction of sp³-hybridized carbons (Fsp3) is 0.500. The molecule has 0 radical (unpaired) electrons. The number of rotatable bonds is 4. The smallest absolute Gasteiger partial charge is 0.165 e. The number of allylic oxidation sites excluding steroid dienone is 1. The maximum Gasteiger partial charge on any atom is 0.165 e. The van der Waals surface area contributed by atoms with Gasteiger partial charge in [-0.2, -0.15) is 0 Å². The molecular weight excluding hydrogens is 241 g/mol. The first-order valence-electron chi connectivity index (χ1n) is 6.96. The van der Waals surface area contributed by atoms with E-state index in [-0.39, 0.29) is 11.9 Å². The molecule has 1 unspecified atom stereocenters. The molecule has 2 nitrogen and oxygen atoms in total. The number of likely N-dealkylation sites (N-methyl/N-ethyl adjacent to an activating group) is 1. The van der Waals surface area contributed by atoms with Gasteiger partial charge in [0.25, 0.3) is 0 Å². The lowest BCUT2D eigenvalue weighted by Gasteiger charge is -2.20. The van der Waals surface area contributed by atoms with Crippen LogP contribution in [-0.2, 0) is 0 Å². The summed E-state index contributed by atoms with van der Waals surface area (Å²) in [5, 5.41) is 3.30. The molecule has 0 aliphatic heterocycles. The number of methoxy groups -OCH3 is 1. The highest BCUT2D eigenvalue weighted by molar-refractivity contribution is 5.35. The van der Waals surface area contributed by atoms with Gasteiger partial charge in [-0.05, 0) is 50.4 Å². The second-order valence-corrected chi connectivity index (χ2v) is 4.99. The van der Waals surface area contributed by atoms with Crippen molar-refractivity contribution in [2.45, 2.75) is 38.1 Å². The van der Waals surface area contributed by atoms with E-state index in [4.69, 9.17) is 4.74 Å². The van der Waals surface area contributed by atoms with E-state index in [2.05, 4.69) is 11.4 Å². The van der Waals surface area contributed by atoms with Crippen LogP contribution in [0.5, 0.6) is 5.75 Å². The van der Waals surface area contributed by atoms with E-state index in [1.54, 1.807) is 12.1 Å². The number of ether oxygens (including phenoxy) is 1. The van der Waals surface area contributed by atoms with E-state index in [1.165, 1.54) is 31.9 Å². The first kappa shape index (κ1) is 14.1. The molecule has 0 amide bonds. The zero-order chi connectivity index (χ0) is 13.7. The van der Waals surface area contributed by atoms with Crippen LogP contribution in [0, 0.1) is 5.82 Å². The van der Waals surface area contributed by atoms with Crippen LogP contribution in [0.3, 0.4) is 0 Å². The Labute approximate surface area is 114 Å². The van der Waals surface area contributed by atoms with Crippen molar-refractivity contribution >= 4 is 0 Å².